The first kappa shape index (κ1) is 24.7. The van der Waals surface area contributed by atoms with Gasteiger partial charge in [-0.05, 0) is 50.2 Å². The highest BCUT2D eigenvalue weighted by molar-refractivity contribution is 7.22. The predicted octanol–water partition coefficient (Wildman–Crippen LogP) is 5.23. The molecule has 0 aliphatic carbocycles. The van der Waals surface area contributed by atoms with Crippen molar-refractivity contribution in [3.8, 4) is 0 Å². The van der Waals surface area contributed by atoms with E-state index in [0.29, 0.717) is 18.2 Å². The average Bonchev–Trinajstić information content (AvgIpc) is 3.15. The number of thiazole rings is 1. The Labute approximate surface area is 192 Å². The zero-order chi connectivity index (χ0) is 21.8. The first-order valence-electron chi connectivity index (χ1n) is 10.0. The smallest absolute Gasteiger partial charge is 0.282 e. The number of hydrogen-bond acceptors (Lipinski definition) is 6. The summed E-state index contributed by atoms with van der Waals surface area (Å²) in [5.41, 5.74) is 2.94. The van der Waals surface area contributed by atoms with Crippen molar-refractivity contribution in [2.45, 2.75) is 27.7 Å². The zero-order valence-corrected chi connectivity index (χ0v) is 19.8. The fourth-order valence-electron chi connectivity index (χ4n) is 3.50. The molecule has 0 aliphatic rings. The van der Waals surface area contributed by atoms with Crippen molar-refractivity contribution in [2.24, 2.45) is 0 Å². The number of para-hydroxylation sites is 1. The lowest BCUT2D eigenvalue weighted by Gasteiger charge is -2.24. The second-order valence-electron chi connectivity index (χ2n) is 7.18. The van der Waals surface area contributed by atoms with Crippen LogP contribution in [0.2, 0.25) is 0 Å². The Morgan fingerprint density at radius 3 is 2.45 bits per heavy atom. The quantitative estimate of drug-likeness (QED) is 0.338. The minimum absolute atomic E-state index is 0. The van der Waals surface area contributed by atoms with Gasteiger partial charge in [-0.3, -0.25) is 19.8 Å². The van der Waals surface area contributed by atoms with Gasteiger partial charge in [-0.2, -0.15) is 0 Å². The van der Waals surface area contributed by atoms with Crippen LogP contribution in [0.3, 0.4) is 0 Å². The van der Waals surface area contributed by atoms with Crippen molar-refractivity contribution < 1.29 is 9.72 Å². The van der Waals surface area contributed by atoms with E-state index < -0.39 is 10.8 Å². The summed E-state index contributed by atoms with van der Waals surface area (Å²) in [7, 11) is 0. The van der Waals surface area contributed by atoms with Crippen LogP contribution in [0.15, 0.2) is 36.4 Å². The molecule has 7 nitrogen and oxygen atoms in total. The van der Waals surface area contributed by atoms with Crippen LogP contribution < -0.4 is 4.90 Å². The van der Waals surface area contributed by atoms with E-state index in [1.807, 2.05) is 19.9 Å². The van der Waals surface area contributed by atoms with Crippen molar-refractivity contribution in [3.63, 3.8) is 0 Å². The molecule has 0 bridgehead atoms. The van der Waals surface area contributed by atoms with Gasteiger partial charge < -0.3 is 4.90 Å². The van der Waals surface area contributed by atoms with Crippen LogP contribution in [0, 0.1) is 24.0 Å². The molecule has 1 amide bonds. The van der Waals surface area contributed by atoms with Crippen molar-refractivity contribution >= 4 is 50.7 Å². The number of nitrogens with zero attached hydrogens (tertiary/aromatic N) is 4. The maximum atomic E-state index is 13.5. The Kier molecular flexibility index (Phi) is 8.50. The number of likely N-dealkylation sites (N-methyl/N-ethyl adjacent to an activating group) is 1. The summed E-state index contributed by atoms with van der Waals surface area (Å²) in [5.74, 6) is -0.400. The van der Waals surface area contributed by atoms with Crippen LogP contribution in [0.5, 0.6) is 0 Å². The molecule has 0 atom stereocenters. The van der Waals surface area contributed by atoms with E-state index in [4.69, 9.17) is 4.98 Å². The summed E-state index contributed by atoms with van der Waals surface area (Å²) in [6.45, 7) is 11.0. The Morgan fingerprint density at radius 1 is 1.13 bits per heavy atom. The van der Waals surface area contributed by atoms with Crippen LogP contribution in [-0.2, 0) is 0 Å². The molecule has 3 rings (SSSR count). The van der Waals surface area contributed by atoms with Crippen molar-refractivity contribution in [1.82, 2.24) is 9.88 Å². The molecule has 9 heteroatoms. The summed E-state index contributed by atoms with van der Waals surface area (Å²) < 4.78 is 1.03. The van der Waals surface area contributed by atoms with E-state index in [1.165, 1.54) is 23.5 Å². The lowest BCUT2D eigenvalue weighted by Crippen LogP contribution is -2.39. The lowest BCUT2D eigenvalue weighted by molar-refractivity contribution is -0.385. The van der Waals surface area contributed by atoms with E-state index in [1.54, 1.807) is 17.0 Å². The number of amides is 1. The molecule has 0 saturated carbocycles. The second kappa shape index (κ2) is 10.7. The highest BCUT2D eigenvalue weighted by atomic mass is 35.5. The number of halogens is 1. The number of nitro benzene ring substituents is 1. The third kappa shape index (κ3) is 5.39. The number of nitro groups is 1. The van der Waals surface area contributed by atoms with Gasteiger partial charge in [0, 0.05) is 19.2 Å². The maximum Gasteiger partial charge on any atom is 0.282 e. The molecule has 0 spiro atoms. The highest BCUT2D eigenvalue weighted by Crippen LogP contribution is 2.33. The largest absolute Gasteiger partial charge is 0.302 e. The number of fused-ring (bicyclic) bond motifs is 1. The monoisotopic (exact) mass is 462 g/mol. The molecule has 0 saturated heterocycles. The Bertz CT molecular complexity index is 1080. The maximum absolute atomic E-state index is 13.5. The van der Waals surface area contributed by atoms with Gasteiger partial charge in [0.05, 0.1) is 15.1 Å². The average molecular weight is 463 g/mol. The minimum Gasteiger partial charge on any atom is -0.302 e. The van der Waals surface area contributed by atoms with Gasteiger partial charge in [-0.25, -0.2) is 4.98 Å². The first-order chi connectivity index (χ1) is 14.3. The number of carbonyl (C=O) groups is 1. The van der Waals surface area contributed by atoms with Crippen molar-refractivity contribution in [3.05, 3.63) is 63.2 Å². The Hall–Kier alpha value is -2.55. The van der Waals surface area contributed by atoms with Gasteiger partial charge in [0.1, 0.15) is 5.56 Å². The summed E-state index contributed by atoms with van der Waals surface area (Å²) in [4.78, 5) is 32.9. The van der Waals surface area contributed by atoms with Crippen LogP contribution in [0.1, 0.15) is 35.3 Å². The fraction of sp³-hybridized carbons (Fsp3) is 0.364. The molecular weight excluding hydrogens is 436 g/mol. The topological polar surface area (TPSA) is 79.6 Å². The summed E-state index contributed by atoms with van der Waals surface area (Å²) in [5, 5.41) is 12.0. The van der Waals surface area contributed by atoms with Gasteiger partial charge in [-0.1, -0.05) is 43.4 Å². The Morgan fingerprint density at radius 2 is 1.81 bits per heavy atom. The molecule has 31 heavy (non-hydrogen) atoms. The highest BCUT2D eigenvalue weighted by Gasteiger charge is 2.27. The van der Waals surface area contributed by atoms with Gasteiger partial charge >= 0.3 is 0 Å². The van der Waals surface area contributed by atoms with Gasteiger partial charge in [-0.15, -0.1) is 12.4 Å². The van der Waals surface area contributed by atoms with Crippen LogP contribution in [0.4, 0.5) is 10.8 Å². The van der Waals surface area contributed by atoms with E-state index >= 15 is 0 Å². The normalized spacial score (nSPS) is 10.9. The number of rotatable bonds is 8. The van der Waals surface area contributed by atoms with Crippen LogP contribution in [0.25, 0.3) is 10.2 Å². The third-order valence-corrected chi connectivity index (χ3v) is 6.38. The number of aromatic nitrogens is 1. The van der Waals surface area contributed by atoms with E-state index in [2.05, 4.69) is 24.8 Å². The van der Waals surface area contributed by atoms with Gasteiger partial charge in [0.2, 0.25) is 0 Å². The van der Waals surface area contributed by atoms with E-state index in [9.17, 15) is 14.9 Å². The molecule has 1 aromatic heterocycles. The first-order valence-corrected chi connectivity index (χ1v) is 10.8. The van der Waals surface area contributed by atoms with Crippen LogP contribution >= 0.6 is 23.7 Å². The number of aryl methyl sites for hydroxylation is 2. The van der Waals surface area contributed by atoms with E-state index in [-0.39, 0.29) is 23.7 Å². The molecular formula is C22H27ClN4O3S. The van der Waals surface area contributed by atoms with E-state index in [0.717, 1.165) is 34.4 Å². The molecule has 0 unspecified atom stereocenters. The van der Waals surface area contributed by atoms with Crippen molar-refractivity contribution in [1.29, 1.82) is 0 Å². The van der Waals surface area contributed by atoms with Gasteiger partial charge in [0.15, 0.2) is 5.13 Å². The third-order valence-electron chi connectivity index (χ3n) is 5.15. The fourth-order valence-corrected chi connectivity index (χ4v) is 4.54. The molecule has 166 valence electrons. The number of carbonyl (C=O) groups excluding carboxylic acids is 1. The summed E-state index contributed by atoms with van der Waals surface area (Å²) in [6.07, 6.45) is 0. The molecule has 0 N–H and O–H groups in total. The molecule has 1 heterocycles. The standard InChI is InChI=1S/C22H26N4O3S.ClH/c1-5-24(6-2)11-12-25(21(27)17-9-7-8-10-19(17)26(28)29)22-23-18-14-15(3)13-16(4)20(18)30-22;/h7-10,13-14H,5-6,11-12H2,1-4H3;1H. The lowest BCUT2D eigenvalue weighted by atomic mass is 10.1. The molecule has 0 aliphatic heterocycles. The Balaban J connectivity index is 0.00000341. The SMILES string of the molecule is CCN(CC)CCN(C(=O)c1ccccc1[N+](=O)[O-])c1nc2cc(C)cc(C)c2s1.Cl. The molecule has 0 fully saturated rings. The molecule has 0 radical (unpaired) electrons. The number of hydrogen-bond donors (Lipinski definition) is 0. The van der Waals surface area contributed by atoms with Gasteiger partial charge in [0.25, 0.3) is 11.6 Å². The van der Waals surface area contributed by atoms with Crippen molar-refractivity contribution in [2.75, 3.05) is 31.1 Å². The second-order valence-corrected chi connectivity index (χ2v) is 8.16. The predicted molar refractivity (Wildman–Crippen MR) is 129 cm³/mol. The minimum atomic E-state index is -0.512. The number of anilines is 1. The molecule has 2 aromatic carbocycles. The zero-order valence-electron chi connectivity index (χ0n) is 18.1. The van der Waals surface area contributed by atoms with Crippen LogP contribution in [-0.4, -0.2) is 46.9 Å². The summed E-state index contributed by atoms with van der Waals surface area (Å²) >= 11 is 1.45. The summed E-state index contributed by atoms with van der Waals surface area (Å²) in [6, 6.07) is 10.2. The number of benzene rings is 2. The molecule has 3 aromatic rings.